The molecule has 0 aromatic heterocycles. The van der Waals surface area contributed by atoms with Crippen LogP contribution in [0.2, 0.25) is 0 Å². The van der Waals surface area contributed by atoms with Crippen molar-refractivity contribution < 1.29 is 5.21 Å². The van der Waals surface area contributed by atoms with Crippen molar-refractivity contribution in [3.05, 3.63) is 28.7 Å². The van der Waals surface area contributed by atoms with Crippen LogP contribution in [-0.2, 0) is 0 Å². The summed E-state index contributed by atoms with van der Waals surface area (Å²) in [5.74, 6) is 0.294. The molecule has 5 heteroatoms. The normalized spacial score (nSPS) is 11.4. The van der Waals surface area contributed by atoms with Crippen molar-refractivity contribution in [2.45, 2.75) is 19.3 Å². The summed E-state index contributed by atoms with van der Waals surface area (Å²) < 4.78 is 1.06. The fraction of sp³-hybridized carbons (Fsp3) is 0.364. The van der Waals surface area contributed by atoms with Crippen molar-refractivity contribution in [1.29, 1.82) is 0 Å². The lowest BCUT2D eigenvalue weighted by molar-refractivity contribution is 0.316. The molecule has 16 heavy (non-hydrogen) atoms. The van der Waals surface area contributed by atoms with E-state index in [1.54, 1.807) is 0 Å². The van der Waals surface area contributed by atoms with Gasteiger partial charge < -0.3 is 16.3 Å². The van der Waals surface area contributed by atoms with Crippen LogP contribution in [0.3, 0.4) is 0 Å². The lowest BCUT2D eigenvalue weighted by Crippen LogP contribution is -2.11. The van der Waals surface area contributed by atoms with Gasteiger partial charge in [-0.05, 0) is 31.0 Å². The maximum absolute atomic E-state index is 8.34. The Labute approximate surface area is 104 Å². The quantitative estimate of drug-likeness (QED) is 0.247. The Morgan fingerprint density at radius 2 is 2.25 bits per heavy atom. The molecule has 0 saturated heterocycles. The molecule has 0 aliphatic heterocycles. The summed E-state index contributed by atoms with van der Waals surface area (Å²) in [6.45, 7) is 0.884. The lowest BCUT2D eigenvalue weighted by atomic mass is 10.2. The largest absolute Gasteiger partial charge is 0.409 e. The molecule has 1 rings (SSSR count). The molecule has 4 nitrogen and oxygen atoms in total. The van der Waals surface area contributed by atoms with Crippen LogP contribution in [0.4, 0.5) is 5.69 Å². The molecule has 0 saturated carbocycles. The summed E-state index contributed by atoms with van der Waals surface area (Å²) in [4.78, 5) is 0. The Morgan fingerprint density at radius 3 is 2.94 bits per heavy atom. The van der Waals surface area contributed by atoms with E-state index < -0.39 is 0 Å². The zero-order valence-electron chi connectivity index (χ0n) is 8.99. The van der Waals surface area contributed by atoms with Gasteiger partial charge in [-0.1, -0.05) is 27.2 Å². The van der Waals surface area contributed by atoms with E-state index >= 15 is 0 Å². The molecule has 0 heterocycles. The fourth-order valence-electron chi connectivity index (χ4n) is 1.31. The first-order valence-electron chi connectivity index (χ1n) is 5.18. The Morgan fingerprint density at radius 1 is 1.44 bits per heavy atom. The van der Waals surface area contributed by atoms with Crippen LogP contribution >= 0.6 is 15.9 Å². The van der Waals surface area contributed by atoms with Gasteiger partial charge >= 0.3 is 0 Å². The third-order valence-electron chi connectivity index (χ3n) is 2.14. The van der Waals surface area contributed by atoms with E-state index in [9.17, 15) is 0 Å². The number of nitrogens with zero attached hydrogens (tertiary/aromatic N) is 1. The van der Waals surface area contributed by atoms with E-state index in [0.717, 1.165) is 29.5 Å². The van der Waals surface area contributed by atoms with Gasteiger partial charge in [0.2, 0.25) is 0 Å². The zero-order chi connectivity index (χ0) is 11.8. The highest BCUT2D eigenvalue weighted by Crippen LogP contribution is 2.15. The molecule has 0 aliphatic rings. The van der Waals surface area contributed by atoms with Crippen molar-refractivity contribution in [3.8, 4) is 0 Å². The van der Waals surface area contributed by atoms with Crippen molar-refractivity contribution in [3.63, 3.8) is 0 Å². The van der Waals surface area contributed by atoms with Crippen LogP contribution < -0.4 is 11.1 Å². The summed E-state index contributed by atoms with van der Waals surface area (Å²) in [6, 6.07) is 8.03. The number of rotatable bonds is 6. The predicted molar refractivity (Wildman–Crippen MR) is 69.9 cm³/mol. The molecule has 88 valence electrons. The Bertz CT molecular complexity index is 355. The van der Waals surface area contributed by atoms with Gasteiger partial charge in [0.05, 0.1) is 0 Å². The third kappa shape index (κ3) is 5.02. The Hall–Kier alpha value is -1.23. The van der Waals surface area contributed by atoms with Crippen molar-refractivity contribution in [2.24, 2.45) is 10.9 Å². The number of anilines is 1. The molecule has 0 atom stereocenters. The van der Waals surface area contributed by atoms with Crippen LogP contribution in [-0.4, -0.2) is 17.6 Å². The highest BCUT2D eigenvalue weighted by atomic mass is 79.9. The molecule has 0 spiro atoms. The van der Waals surface area contributed by atoms with Gasteiger partial charge in [-0.15, -0.1) is 0 Å². The van der Waals surface area contributed by atoms with Crippen molar-refractivity contribution in [1.82, 2.24) is 0 Å². The number of oxime groups is 1. The molecule has 0 radical (unpaired) electrons. The topological polar surface area (TPSA) is 70.6 Å². The summed E-state index contributed by atoms with van der Waals surface area (Å²) in [5, 5.41) is 14.6. The first kappa shape index (κ1) is 12.8. The van der Waals surface area contributed by atoms with Gasteiger partial charge in [0, 0.05) is 23.1 Å². The smallest absolute Gasteiger partial charge is 0.139 e. The molecule has 0 aliphatic carbocycles. The van der Waals surface area contributed by atoms with Crippen LogP contribution in [0.5, 0.6) is 0 Å². The minimum atomic E-state index is 0.294. The second-order valence-corrected chi connectivity index (χ2v) is 4.40. The molecular formula is C11H16BrN3O. The summed E-state index contributed by atoms with van der Waals surface area (Å²) in [7, 11) is 0. The van der Waals surface area contributed by atoms with E-state index in [0.29, 0.717) is 12.3 Å². The molecule has 4 N–H and O–H groups in total. The average molecular weight is 286 g/mol. The van der Waals surface area contributed by atoms with Crippen LogP contribution in [0.25, 0.3) is 0 Å². The van der Waals surface area contributed by atoms with E-state index in [1.165, 1.54) is 0 Å². The number of hydrogen-bond donors (Lipinski definition) is 3. The van der Waals surface area contributed by atoms with Crippen LogP contribution in [0, 0.1) is 0 Å². The van der Waals surface area contributed by atoms with Gasteiger partial charge in [0.15, 0.2) is 0 Å². The lowest BCUT2D eigenvalue weighted by Gasteiger charge is -2.06. The SMILES string of the molecule is NC(CCCCNc1cccc(Br)c1)=NO. The number of unbranched alkanes of at least 4 members (excludes halogenated alkanes) is 1. The molecule has 0 amide bonds. The molecule has 1 aromatic carbocycles. The maximum Gasteiger partial charge on any atom is 0.139 e. The van der Waals surface area contributed by atoms with E-state index in [4.69, 9.17) is 10.9 Å². The third-order valence-corrected chi connectivity index (χ3v) is 2.64. The van der Waals surface area contributed by atoms with Gasteiger partial charge in [-0.2, -0.15) is 0 Å². The minimum absolute atomic E-state index is 0.294. The maximum atomic E-state index is 8.34. The second kappa shape index (κ2) is 7.11. The first-order chi connectivity index (χ1) is 7.72. The van der Waals surface area contributed by atoms with Crippen molar-refractivity contribution >= 4 is 27.5 Å². The summed E-state index contributed by atoms with van der Waals surface area (Å²) >= 11 is 3.41. The second-order valence-electron chi connectivity index (χ2n) is 3.49. The van der Waals surface area contributed by atoms with Gasteiger partial charge in [-0.25, -0.2) is 0 Å². The highest BCUT2D eigenvalue weighted by Gasteiger charge is 1.95. The number of halogens is 1. The van der Waals surface area contributed by atoms with E-state index in [-0.39, 0.29) is 0 Å². The average Bonchev–Trinajstić information content (AvgIpc) is 2.28. The Kier molecular flexibility index (Phi) is 5.71. The minimum Gasteiger partial charge on any atom is -0.409 e. The number of nitrogens with one attached hydrogen (secondary N) is 1. The molecule has 0 bridgehead atoms. The Balaban J connectivity index is 2.16. The highest BCUT2D eigenvalue weighted by molar-refractivity contribution is 9.10. The summed E-state index contributed by atoms with van der Waals surface area (Å²) in [6.07, 6.45) is 2.54. The fourth-order valence-corrected chi connectivity index (χ4v) is 1.71. The number of benzene rings is 1. The van der Waals surface area contributed by atoms with Gasteiger partial charge in [0.1, 0.15) is 5.84 Å². The number of nitrogens with two attached hydrogens (primary N) is 1. The van der Waals surface area contributed by atoms with Gasteiger partial charge in [-0.3, -0.25) is 0 Å². The van der Waals surface area contributed by atoms with Crippen LogP contribution in [0.15, 0.2) is 33.9 Å². The van der Waals surface area contributed by atoms with Crippen LogP contribution in [0.1, 0.15) is 19.3 Å². The first-order valence-corrected chi connectivity index (χ1v) is 5.97. The van der Waals surface area contributed by atoms with E-state index in [1.807, 2.05) is 24.3 Å². The van der Waals surface area contributed by atoms with E-state index in [2.05, 4.69) is 26.4 Å². The monoisotopic (exact) mass is 285 g/mol. The number of amidine groups is 1. The zero-order valence-corrected chi connectivity index (χ0v) is 10.6. The molecule has 1 aromatic rings. The van der Waals surface area contributed by atoms with Gasteiger partial charge in [0.25, 0.3) is 0 Å². The summed E-state index contributed by atoms with van der Waals surface area (Å²) in [5.41, 5.74) is 6.46. The number of hydrogen-bond acceptors (Lipinski definition) is 3. The van der Waals surface area contributed by atoms with Crippen molar-refractivity contribution in [2.75, 3.05) is 11.9 Å². The standard InChI is InChI=1S/C11H16BrN3O/c12-9-4-3-5-10(8-9)14-7-2-1-6-11(13)15-16/h3-5,8,14,16H,1-2,6-7H2,(H2,13,15). The molecule has 0 fully saturated rings. The predicted octanol–water partition coefficient (Wildman–Crippen LogP) is 2.78. The molecule has 0 unspecified atom stereocenters. The molecular weight excluding hydrogens is 270 g/mol.